The van der Waals surface area contributed by atoms with E-state index in [1.807, 2.05) is 43.3 Å². The normalized spacial score (nSPS) is 15.3. The van der Waals surface area contributed by atoms with Crippen LogP contribution in [0.25, 0.3) is 0 Å². The molecule has 0 radical (unpaired) electrons. The highest BCUT2D eigenvalue weighted by Gasteiger charge is 2.27. The molecule has 0 saturated heterocycles. The molecule has 1 aliphatic heterocycles. The molecule has 1 aromatic carbocycles. The lowest BCUT2D eigenvalue weighted by Crippen LogP contribution is -2.16. The van der Waals surface area contributed by atoms with Crippen molar-refractivity contribution in [3.63, 3.8) is 0 Å². The van der Waals surface area contributed by atoms with Crippen molar-refractivity contribution in [1.29, 1.82) is 5.26 Å². The summed E-state index contributed by atoms with van der Waals surface area (Å²) in [6.07, 6.45) is 1.58. The van der Waals surface area contributed by atoms with E-state index in [9.17, 15) is 10.1 Å². The van der Waals surface area contributed by atoms with Crippen molar-refractivity contribution in [2.75, 3.05) is 17.7 Å². The Kier molecular flexibility index (Phi) is 4.41. The van der Waals surface area contributed by atoms with Gasteiger partial charge in [0.05, 0.1) is 11.4 Å². The number of carbonyl (C=O) groups is 1. The van der Waals surface area contributed by atoms with E-state index in [-0.39, 0.29) is 17.1 Å². The monoisotopic (exact) mass is 343 g/mol. The number of nitrogens with zero attached hydrogens (tertiary/aromatic N) is 5. The predicted molar refractivity (Wildman–Crippen MR) is 90.1 cm³/mol. The molecule has 1 aromatic heterocycles. The average molecular weight is 343 g/mol. The summed E-state index contributed by atoms with van der Waals surface area (Å²) < 4.78 is 1.74. The van der Waals surface area contributed by atoms with Crippen LogP contribution in [0, 0.1) is 11.3 Å². The van der Waals surface area contributed by atoms with E-state index >= 15 is 0 Å². The Balaban J connectivity index is 1.81. The number of thioether (sulfide) groups is 2. The Morgan fingerprint density at radius 3 is 2.83 bits per heavy atom. The van der Waals surface area contributed by atoms with Gasteiger partial charge >= 0.3 is 0 Å². The average Bonchev–Trinajstić information content (AvgIpc) is 3.11. The number of rotatable bonds is 4. The van der Waals surface area contributed by atoms with E-state index in [1.54, 1.807) is 10.9 Å². The maximum absolute atomic E-state index is 12.5. The van der Waals surface area contributed by atoms with Crippen LogP contribution in [0.4, 0.5) is 5.69 Å². The molecule has 2 heterocycles. The Morgan fingerprint density at radius 2 is 2.17 bits per heavy atom. The van der Waals surface area contributed by atoms with Crippen molar-refractivity contribution >= 4 is 35.0 Å². The van der Waals surface area contributed by atoms with Gasteiger partial charge in [-0.3, -0.25) is 4.79 Å². The molecule has 0 saturated carbocycles. The number of nitriles is 1. The number of para-hydroxylation sites is 1. The lowest BCUT2D eigenvalue weighted by Gasteiger charge is -2.14. The van der Waals surface area contributed by atoms with Crippen molar-refractivity contribution in [3.8, 4) is 6.07 Å². The van der Waals surface area contributed by atoms with Crippen LogP contribution in [-0.2, 0) is 11.8 Å². The van der Waals surface area contributed by atoms with Crippen molar-refractivity contribution in [1.82, 2.24) is 14.8 Å². The van der Waals surface area contributed by atoms with Crippen LogP contribution < -0.4 is 4.90 Å². The number of benzene rings is 1. The third-order valence-corrected chi connectivity index (χ3v) is 5.62. The number of fused-ring (bicyclic) bond motifs is 1. The highest BCUT2D eigenvalue weighted by atomic mass is 32.2. The summed E-state index contributed by atoms with van der Waals surface area (Å²) in [4.78, 5) is 15.4. The molecule has 3 rings (SSSR count). The summed E-state index contributed by atoms with van der Waals surface area (Å²) in [5, 5.41) is 18.5. The number of Topliss-reactive ketones (excluding diaryl/α,β-unsaturated/α-hetero) is 1. The number of aromatic nitrogens is 3. The molecule has 0 atom stereocenters. The highest BCUT2D eigenvalue weighted by molar-refractivity contribution is 8.03. The zero-order chi connectivity index (χ0) is 16.4. The van der Waals surface area contributed by atoms with Crippen molar-refractivity contribution < 1.29 is 4.79 Å². The lowest BCUT2D eigenvalue weighted by molar-refractivity contribution is -0.112. The minimum atomic E-state index is -0.206. The Bertz CT molecular complexity index is 836. The van der Waals surface area contributed by atoms with Crippen LogP contribution in [-0.4, -0.2) is 33.3 Å². The summed E-state index contributed by atoms with van der Waals surface area (Å²) in [6, 6.07) is 9.91. The predicted octanol–water partition coefficient (Wildman–Crippen LogP) is 2.45. The van der Waals surface area contributed by atoms with E-state index in [2.05, 4.69) is 16.3 Å². The van der Waals surface area contributed by atoms with Gasteiger partial charge in [0, 0.05) is 19.0 Å². The van der Waals surface area contributed by atoms with E-state index in [0.29, 0.717) is 10.2 Å². The van der Waals surface area contributed by atoms with Crippen LogP contribution in [0.3, 0.4) is 0 Å². The largest absolute Gasteiger partial charge is 0.337 e. The van der Waals surface area contributed by atoms with Gasteiger partial charge in [-0.05, 0) is 12.1 Å². The molecular weight excluding hydrogens is 330 g/mol. The maximum Gasteiger partial charge on any atom is 0.191 e. The van der Waals surface area contributed by atoms with Crippen LogP contribution in [0.1, 0.15) is 0 Å². The van der Waals surface area contributed by atoms with E-state index < -0.39 is 0 Å². The fourth-order valence-corrected chi connectivity index (χ4v) is 4.08. The Labute approximate surface area is 142 Å². The summed E-state index contributed by atoms with van der Waals surface area (Å²) in [7, 11) is 3.68. The number of allylic oxidation sites excluding steroid dienone is 1. The number of ketones is 1. The standard InChI is InChI=1S/C15H13N5OS2/c1-19-9-17-18-15(19)22-8-12(21)10(7-16)14-20(2)11-5-3-4-6-13(11)23-14/h3-6,9H,8H2,1-2H3/b14-10-. The number of hydrogen-bond acceptors (Lipinski definition) is 7. The molecule has 116 valence electrons. The molecule has 6 nitrogen and oxygen atoms in total. The van der Waals surface area contributed by atoms with Gasteiger partial charge in [0.2, 0.25) is 0 Å². The van der Waals surface area contributed by atoms with Gasteiger partial charge in [-0.25, -0.2) is 0 Å². The first-order chi connectivity index (χ1) is 11.1. The summed E-state index contributed by atoms with van der Waals surface area (Å²) in [5.74, 6) is -0.0495. The van der Waals surface area contributed by atoms with E-state index in [1.165, 1.54) is 23.5 Å². The Hall–Kier alpha value is -2.24. The molecule has 0 spiro atoms. The molecular formula is C15H13N5OS2. The zero-order valence-corrected chi connectivity index (χ0v) is 14.2. The van der Waals surface area contributed by atoms with Crippen molar-refractivity contribution in [2.24, 2.45) is 7.05 Å². The second-order valence-electron chi connectivity index (χ2n) is 4.86. The van der Waals surface area contributed by atoms with Gasteiger partial charge in [-0.15, -0.1) is 10.2 Å². The lowest BCUT2D eigenvalue weighted by atomic mass is 10.2. The summed E-state index contributed by atoms with van der Waals surface area (Å²) >= 11 is 2.73. The van der Waals surface area contributed by atoms with Crippen LogP contribution in [0.15, 0.2) is 51.2 Å². The van der Waals surface area contributed by atoms with E-state index in [0.717, 1.165) is 10.6 Å². The van der Waals surface area contributed by atoms with Crippen LogP contribution in [0.2, 0.25) is 0 Å². The van der Waals surface area contributed by atoms with Gasteiger partial charge in [0.25, 0.3) is 0 Å². The first-order valence-electron chi connectivity index (χ1n) is 6.76. The SMILES string of the molecule is CN1/C(=C(\C#N)C(=O)CSc2nncn2C)Sc2ccccc21. The second-order valence-corrected chi connectivity index (χ2v) is 6.83. The van der Waals surface area contributed by atoms with Gasteiger partial charge in [0.15, 0.2) is 10.9 Å². The Morgan fingerprint density at radius 1 is 1.39 bits per heavy atom. The quantitative estimate of drug-likeness (QED) is 0.479. The molecule has 1 aliphatic rings. The first kappa shape index (κ1) is 15.6. The molecule has 8 heteroatoms. The van der Waals surface area contributed by atoms with E-state index in [4.69, 9.17) is 0 Å². The van der Waals surface area contributed by atoms with Gasteiger partial charge in [0.1, 0.15) is 23.0 Å². The number of hydrogen-bond donors (Lipinski definition) is 0. The zero-order valence-electron chi connectivity index (χ0n) is 12.6. The molecule has 0 unspecified atom stereocenters. The fraction of sp³-hybridized carbons (Fsp3) is 0.200. The number of aryl methyl sites for hydroxylation is 1. The minimum Gasteiger partial charge on any atom is -0.337 e. The van der Waals surface area contributed by atoms with Crippen LogP contribution in [0.5, 0.6) is 0 Å². The molecule has 2 aromatic rings. The molecule has 23 heavy (non-hydrogen) atoms. The highest BCUT2D eigenvalue weighted by Crippen LogP contribution is 2.46. The van der Waals surface area contributed by atoms with Gasteiger partial charge < -0.3 is 9.47 Å². The fourth-order valence-electron chi connectivity index (χ4n) is 2.16. The number of anilines is 1. The molecule has 0 fully saturated rings. The summed E-state index contributed by atoms with van der Waals surface area (Å²) in [5.41, 5.74) is 1.19. The third kappa shape index (κ3) is 2.98. The topological polar surface area (TPSA) is 74.8 Å². The third-order valence-electron chi connectivity index (χ3n) is 3.34. The maximum atomic E-state index is 12.5. The molecule has 0 amide bonds. The summed E-state index contributed by atoms with van der Waals surface area (Å²) in [6.45, 7) is 0. The molecule has 0 aliphatic carbocycles. The molecule has 0 bridgehead atoms. The van der Waals surface area contributed by atoms with Crippen molar-refractivity contribution in [3.05, 3.63) is 41.2 Å². The van der Waals surface area contributed by atoms with Gasteiger partial charge in [-0.1, -0.05) is 35.7 Å². The number of carbonyl (C=O) groups excluding carboxylic acids is 1. The minimum absolute atomic E-state index is 0.156. The second kappa shape index (κ2) is 6.48. The van der Waals surface area contributed by atoms with Gasteiger partial charge in [-0.2, -0.15) is 5.26 Å². The molecule has 0 N–H and O–H groups in total. The smallest absolute Gasteiger partial charge is 0.191 e. The van der Waals surface area contributed by atoms with Crippen molar-refractivity contribution in [2.45, 2.75) is 10.1 Å². The van der Waals surface area contributed by atoms with Crippen LogP contribution >= 0.6 is 23.5 Å². The first-order valence-corrected chi connectivity index (χ1v) is 8.57.